The lowest BCUT2D eigenvalue weighted by molar-refractivity contribution is -0.119. The van der Waals surface area contributed by atoms with Crippen molar-refractivity contribution < 1.29 is 4.79 Å². The molecular weight excluding hydrogens is 210 g/mol. The second-order valence-corrected chi connectivity index (χ2v) is 5.93. The standard InChI is InChI=1S/C15H23NO/c1-10(2)9-16-11(3)8-14(12(16)4)15(6-7-15)13(5)17/h8,10H,6-7,9H2,1-5H3. The van der Waals surface area contributed by atoms with E-state index < -0.39 is 0 Å². The lowest BCUT2D eigenvalue weighted by Crippen LogP contribution is -2.18. The van der Waals surface area contributed by atoms with Gasteiger partial charge in [0.15, 0.2) is 0 Å². The molecule has 1 aromatic heterocycles. The summed E-state index contributed by atoms with van der Waals surface area (Å²) in [5.41, 5.74) is 3.74. The van der Waals surface area contributed by atoms with Crippen molar-refractivity contribution >= 4 is 5.78 Å². The van der Waals surface area contributed by atoms with Crippen molar-refractivity contribution in [3.63, 3.8) is 0 Å². The SMILES string of the molecule is CC(=O)C1(c2cc(C)n(CC(C)C)c2C)CC1. The second kappa shape index (κ2) is 4.01. The second-order valence-electron chi connectivity index (χ2n) is 5.93. The van der Waals surface area contributed by atoms with E-state index in [4.69, 9.17) is 0 Å². The summed E-state index contributed by atoms with van der Waals surface area (Å²) in [5, 5.41) is 0. The molecule has 0 amide bonds. The van der Waals surface area contributed by atoms with Gasteiger partial charge in [0.1, 0.15) is 5.78 Å². The van der Waals surface area contributed by atoms with Crippen LogP contribution in [0, 0.1) is 19.8 Å². The Bertz CT molecular complexity index is 450. The Labute approximate surface area is 104 Å². The number of hydrogen-bond acceptors (Lipinski definition) is 1. The molecule has 0 aromatic carbocycles. The molecule has 1 heterocycles. The minimum atomic E-state index is -0.128. The Morgan fingerprint density at radius 1 is 1.41 bits per heavy atom. The Kier molecular flexibility index (Phi) is 2.92. The molecule has 0 aliphatic heterocycles. The Balaban J connectivity index is 2.41. The first-order chi connectivity index (χ1) is 7.88. The summed E-state index contributed by atoms with van der Waals surface area (Å²) in [5.74, 6) is 0.974. The molecule has 94 valence electrons. The molecule has 0 atom stereocenters. The number of carbonyl (C=O) groups excluding carboxylic acids is 1. The summed E-state index contributed by atoms with van der Waals surface area (Å²) in [4.78, 5) is 11.8. The van der Waals surface area contributed by atoms with E-state index in [9.17, 15) is 4.79 Å². The largest absolute Gasteiger partial charge is 0.349 e. The molecule has 1 aliphatic rings. The molecule has 0 spiro atoms. The average molecular weight is 233 g/mol. The molecule has 2 heteroatoms. The molecule has 1 fully saturated rings. The number of ketones is 1. The van der Waals surface area contributed by atoms with Crippen LogP contribution in [0.3, 0.4) is 0 Å². The molecule has 2 nitrogen and oxygen atoms in total. The van der Waals surface area contributed by atoms with Crippen molar-refractivity contribution in [2.24, 2.45) is 5.92 Å². The Hall–Kier alpha value is -1.05. The summed E-state index contributed by atoms with van der Waals surface area (Å²) in [6, 6.07) is 2.23. The smallest absolute Gasteiger partial charge is 0.140 e. The molecule has 0 radical (unpaired) electrons. The average Bonchev–Trinajstić information content (AvgIpc) is 2.97. The normalized spacial score (nSPS) is 17.5. The van der Waals surface area contributed by atoms with Crippen molar-refractivity contribution in [3.8, 4) is 0 Å². The fourth-order valence-corrected chi connectivity index (χ4v) is 2.87. The quantitative estimate of drug-likeness (QED) is 0.781. The molecule has 1 aromatic rings. The third-order valence-electron chi connectivity index (χ3n) is 4.06. The number of Topliss-reactive ketones (excluding diaryl/α,β-unsaturated/α-hetero) is 1. The highest BCUT2D eigenvalue weighted by atomic mass is 16.1. The van der Waals surface area contributed by atoms with Crippen molar-refractivity contribution in [1.29, 1.82) is 0 Å². The number of aromatic nitrogens is 1. The van der Waals surface area contributed by atoms with E-state index in [-0.39, 0.29) is 5.41 Å². The Morgan fingerprint density at radius 3 is 2.41 bits per heavy atom. The number of hydrogen-bond donors (Lipinski definition) is 0. The zero-order valence-corrected chi connectivity index (χ0v) is 11.6. The highest BCUT2D eigenvalue weighted by Crippen LogP contribution is 2.50. The van der Waals surface area contributed by atoms with E-state index in [1.807, 2.05) is 0 Å². The van der Waals surface area contributed by atoms with Gasteiger partial charge in [-0.2, -0.15) is 0 Å². The summed E-state index contributed by atoms with van der Waals surface area (Å²) in [6.07, 6.45) is 2.07. The van der Waals surface area contributed by atoms with Crippen LogP contribution >= 0.6 is 0 Å². The number of carbonyl (C=O) groups is 1. The number of nitrogens with zero attached hydrogens (tertiary/aromatic N) is 1. The van der Waals surface area contributed by atoms with Crippen LogP contribution in [0.2, 0.25) is 0 Å². The summed E-state index contributed by atoms with van der Waals surface area (Å²) in [6.45, 7) is 11.6. The van der Waals surface area contributed by atoms with Gasteiger partial charge in [0.05, 0.1) is 5.41 Å². The fourth-order valence-electron chi connectivity index (χ4n) is 2.87. The van der Waals surface area contributed by atoms with Crippen LogP contribution in [0.15, 0.2) is 6.07 Å². The van der Waals surface area contributed by atoms with E-state index in [0.29, 0.717) is 11.7 Å². The maximum atomic E-state index is 11.8. The van der Waals surface area contributed by atoms with E-state index in [1.165, 1.54) is 17.0 Å². The molecule has 1 saturated carbocycles. The van der Waals surface area contributed by atoms with Gasteiger partial charge in [0, 0.05) is 17.9 Å². The summed E-state index contributed by atoms with van der Waals surface area (Å²) >= 11 is 0. The highest BCUT2D eigenvalue weighted by Gasteiger charge is 2.50. The predicted molar refractivity (Wildman–Crippen MR) is 70.3 cm³/mol. The van der Waals surface area contributed by atoms with Crippen LogP contribution in [-0.4, -0.2) is 10.4 Å². The molecule has 1 aliphatic carbocycles. The van der Waals surface area contributed by atoms with E-state index in [0.717, 1.165) is 19.4 Å². The van der Waals surface area contributed by atoms with E-state index >= 15 is 0 Å². The number of aryl methyl sites for hydroxylation is 1. The topological polar surface area (TPSA) is 22.0 Å². The van der Waals surface area contributed by atoms with Gasteiger partial charge in [-0.05, 0) is 51.2 Å². The van der Waals surface area contributed by atoms with Gasteiger partial charge in [0.2, 0.25) is 0 Å². The summed E-state index contributed by atoms with van der Waals surface area (Å²) < 4.78 is 2.36. The van der Waals surface area contributed by atoms with Crippen LogP contribution in [0.4, 0.5) is 0 Å². The van der Waals surface area contributed by atoms with Crippen LogP contribution in [0.25, 0.3) is 0 Å². The molecule has 2 rings (SSSR count). The molecule has 0 N–H and O–H groups in total. The molecular formula is C15H23NO. The Morgan fingerprint density at radius 2 is 2.00 bits per heavy atom. The number of rotatable bonds is 4. The maximum Gasteiger partial charge on any atom is 0.140 e. The zero-order valence-electron chi connectivity index (χ0n) is 11.6. The zero-order chi connectivity index (χ0) is 12.8. The first kappa shape index (κ1) is 12.4. The van der Waals surface area contributed by atoms with Gasteiger partial charge < -0.3 is 4.57 Å². The van der Waals surface area contributed by atoms with E-state index in [2.05, 4.69) is 38.3 Å². The van der Waals surface area contributed by atoms with Gasteiger partial charge in [-0.25, -0.2) is 0 Å². The van der Waals surface area contributed by atoms with Crippen molar-refractivity contribution in [2.75, 3.05) is 0 Å². The molecule has 17 heavy (non-hydrogen) atoms. The van der Waals surface area contributed by atoms with Gasteiger partial charge in [-0.1, -0.05) is 13.8 Å². The minimum absolute atomic E-state index is 0.128. The summed E-state index contributed by atoms with van der Waals surface area (Å²) in [7, 11) is 0. The predicted octanol–water partition coefficient (Wildman–Crippen LogP) is 3.38. The van der Waals surface area contributed by atoms with Gasteiger partial charge in [-0.15, -0.1) is 0 Å². The maximum absolute atomic E-state index is 11.8. The van der Waals surface area contributed by atoms with Gasteiger partial charge >= 0.3 is 0 Å². The van der Waals surface area contributed by atoms with Crippen LogP contribution in [0.1, 0.15) is 50.6 Å². The van der Waals surface area contributed by atoms with Crippen molar-refractivity contribution in [3.05, 3.63) is 23.0 Å². The lowest BCUT2D eigenvalue weighted by atomic mass is 9.92. The monoisotopic (exact) mass is 233 g/mol. The minimum Gasteiger partial charge on any atom is -0.349 e. The first-order valence-electron chi connectivity index (χ1n) is 6.56. The molecule has 0 unspecified atom stereocenters. The van der Waals surface area contributed by atoms with Crippen molar-refractivity contribution in [2.45, 2.75) is 59.4 Å². The highest BCUT2D eigenvalue weighted by molar-refractivity contribution is 5.91. The van der Waals surface area contributed by atoms with Crippen LogP contribution < -0.4 is 0 Å². The molecule has 0 saturated heterocycles. The first-order valence-corrected chi connectivity index (χ1v) is 6.56. The third kappa shape index (κ3) is 1.94. The fraction of sp³-hybridized carbons (Fsp3) is 0.667. The van der Waals surface area contributed by atoms with Gasteiger partial charge in [0.25, 0.3) is 0 Å². The van der Waals surface area contributed by atoms with E-state index in [1.54, 1.807) is 6.92 Å². The molecule has 0 bridgehead atoms. The van der Waals surface area contributed by atoms with Crippen LogP contribution in [-0.2, 0) is 16.8 Å². The van der Waals surface area contributed by atoms with Crippen LogP contribution in [0.5, 0.6) is 0 Å². The third-order valence-corrected chi connectivity index (χ3v) is 4.06. The van der Waals surface area contributed by atoms with Gasteiger partial charge in [-0.3, -0.25) is 4.79 Å². The van der Waals surface area contributed by atoms with Crippen molar-refractivity contribution in [1.82, 2.24) is 4.57 Å². The lowest BCUT2D eigenvalue weighted by Gasteiger charge is -2.15.